The highest BCUT2D eigenvalue weighted by atomic mass is 35.5. The number of carbonyl (C=O) groups excluding carboxylic acids is 6. The van der Waals surface area contributed by atoms with Gasteiger partial charge in [-0.3, -0.25) is 19.2 Å². The minimum atomic E-state index is -2.40. The molecule has 16 heteroatoms. The van der Waals surface area contributed by atoms with Gasteiger partial charge in [-0.15, -0.1) is 0 Å². The molecule has 4 aliphatic rings. The van der Waals surface area contributed by atoms with Crippen molar-refractivity contribution in [3.05, 3.63) is 118 Å². The minimum Gasteiger partial charge on any atom is -0.456 e. The first kappa shape index (κ1) is 45.6. The Balaban J connectivity index is 1.38. The molecule has 3 aromatic rings. The van der Waals surface area contributed by atoms with Gasteiger partial charge in [0.05, 0.1) is 35.6 Å². The molecule has 2 bridgehead atoms. The molecule has 2 saturated carbocycles. The topological polar surface area (TPSA) is 221 Å². The Hall–Kier alpha value is -5.45. The van der Waals surface area contributed by atoms with Gasteiger partial charge in [-0.25, -0.2) is 9.59 Å². The maximum absolute atomic E-state index is 15.5. The molecule has 0 radical (unpaired) electrons. The maximum atomic E-state index is 15.5. The number of rotatable bonds is 10. The zero-order chi connectivity index (χ0) is 45.8. The van der Waals surface area contributed by atoms with Gasteiger partial charge < -0.3 is 44.3 Å². The number of carbonyl (C=O) groups is 6. The highest BCUT2D eigenvalue weighted by Gasteiger charge is 2.78. The SMILES string of the molecule is CC(=O)O[C@@H]1C(=O)[C@@]2(C)C(C(OC(=O)c3ccccc3)[C@]3(O)C[C@H](OC(=O)C(O)[C@@H](NC(=O)c4ccc(Cl)cc4)c4ccccc4)C(C)=C1C3(C)C)[C@]1(OC(C)=O)CO[C@@H]1C[C@@H]2O. The predicted molar refractivity (Wildman–Crippen MR) is 223 cm³/mol. The zero-order valence-corrected chi connectivity index (χ0v) is 36.3. The number of fused-ring (bicyclic) bond motifs is 5. The van der Waals surface area contributed by atoms with Gasteiger partial charge >= 0.3 is 23.9 Å². The van der Waals surface area contributed by atoms with Gasteiger partial charge in [0.2, 0.25) is 0 Å². The van der Waals surface area contributed by atoms with Crippen LogP contribution in [-0.4, -0.2) is 105 Å². The summed E-state index contributed by atoms with van der Waals surface area (Å²) in [6.45, 7) is 7.93. The molecule has 1 saturated heterocycles. The Kier molecular flexibility index (Phi) is 12.2. The van der Waals surface area contributed by atoms with Crippen LogP contribution in [0, 0.1) is 16.7 Å². The number of benzene rings is 3. The van der Waals surface area contributed by atoms with Crippen LogP contribution in [0.15, 0.2) is 96.1 Å². The molecule has 0 aromatic heterocycles. The van der Waals surface area contributed by atoms with E-state index in [1.807, 2.05) is 0 Å². The molecule has 1 aliphatic heterocycles. The van der Waals surface area contributed by atoms with Crippen molar-refractivity contribution in [2.45, 2.75) is 108 Å². The zero-order valence-electron chi connectivity index (χ0n) is 35.5. The highest BCUT2D eigenvalue weighted by Crippen LogP contribution is 2.64. The van der Waals surface area contributed by atoms with Crippen molar-refractivity contribution in [1.82, 2.24) is 5.32 Å². The fourth-order valence-corrected chi connectivity index (χ4v) is 10.3. The van der Waals surface area contributed by atoms with Crippen LogP contribution in [0.3, 0.4) is 0 Å². The van der Waals surface area contributed by atoms with Gasteiger partial charge in [0.25, 0.3) is 5.91 Å². The van der Waals surface area contributed by atoms with Crippen molar-refractivity contribution in [1.29, 1.82) is 0 Å². The molecule has 1 amide bonds. The van der Waals surface area contributed by atoms with Crippen molar-refractivity contribution >= 4 is 47.2 Å². The van der Waals surface area contributed by atoms with Gasteiger partial charge in [-0.2, -0.15) is 0 Å². The molecule has 7 rings (SSSR count). The quantitative estimate of drug-likeness (QED) is 0.126. The van der Waals surface area contributed by atoms with Crippen molar-refractivity contribution in [2.24, 2.45) is 16.7 Å². The number of amides is 1. The number of ketones is 1. The number of aliphatic hydroxyl groups excluding tert-OH is 2. The smallest absolute Gasteiger partial charge is 0.338 e. The average Bonchev–Trinajstić information content (AvgIpc) is 3.24. The van der Waals surface area contributed by atoms with E-state index >= 15 is 4.79 Å². The fraction of sp³-hybridized carbons (Fsp3) is 0.447. The monoisotopic (exact) mass is 887 g/mol. The Bertz CT molecular complexity index is 2340. The number of hydrogen-bond donors (Lipinski definition) is 4. The van der Waals surface area contributed by atoms with Gasteiger partial charge in [0, 0.05) is 42.7 Å². The second-order valence-electron chi connectivity index (χ2n) is 17.5. The van der Waals surface area contributed by atoms with Crippen molar-refractivity contribution < 1.29 is 67.8 Å². The summed E-state index contributed by atoms with van der Waals surface area (Å²) in [4.78, 5) is 83.6. The Morgan fingerprint density at radius 2 is 1.48 bits per heavy atom. The molecule has 4 N–H and O–H groups in total. The summed E-state index contributed by atoms with van der Waals surface area (Å²) in [6.07, 6.45) is -10.6. The van der Waals surface area contributed by atoms with Crippen molar-refractivity contribution in [3.63, 3.8) is 0 Å². The molecule has 1 heterocycles. The lowest BCUT2D eigenvalue weighted by molar-refractivity contribution is -0.346. The molecular formula is C47H50ClNO14. The largest absolute Gasteiger partial charge is 0.456 e. The van der Waals surface area contributed by atoms with Crippen molar-refractivity contribution in [3.8, 4) is 0 Å². The number of aliphatic hydroxyl groups is 3. The number of ether oxygens (including phenoxy) is 5. The first-order valence-electron chi connectivity index (χ1n) is 20.6. The van der Waals surface area contributed by atoms with E-state index in [1.165, 1.54) is 50.2 Å². The summed E-state index contributed by atoms with van der Waals surface area (Å²) >= 11 is 6.03. The summed E-state index contributed by atoms with van der Waals surface area (Å²) in [5.41, 5.74) is -7.19. The number of halogens is 1. The van der Waals surface area contributed by atoms with E-state index in [2.05, 4.69) is 5.32 Å². The molecule has 0 spiro atoms. The van der Waals surface area contributed by atoms with E-state index < -0.39 is 113 Å². The molecule has 15 nitrogen and oxygen atoms in total. The lowest BCUT2D eigenvalue weighted by Crippen LogP contribution is -2.82. The van der Waals surface area contributed by atoms with Gasteiger partial charge in [0.15, 0.2) is 23.6 Å². The van der Waals surface area contributed by atoms with Gasteiger partial charge in [0.1, 0.15) is 23.9 Å². The molecule has 11 atom stereocenters. The van der Waals surface area contributed by atoms with E-state index in [1.54, 1.807) is 62.4 Å². The molecule has 3 aromatic carbocycles. The van der Waals surface area contributed by atoms with Crippen LogP contribution in [0.2, 0.25) is 5.02 Å². The molecule has 334 valence electrons. The molecule has 63 heavy (non-hydrogen) atoms. The number of esters is 4. The summed E-state index contributed by atoms with van der Waals surface area (Å²) in [6, 6.07) is 20.6. The van der Waals surface area contributed by atoms with Gasteiger partial charge in [-0.1, -0.05) is 74.0 Å². The van der Waals surface area contributed by atoms with Gasteiger partial charge in [-0.05, 0) is 67.0 Å². The Morgan fingerprint density at radius 1 is 0.857 bits per heavy atom. The van der Waals surface area contributed by atoms with Crippen molar-refractivity contribution in [2.75, 3.05) is 6.61 Å². The lowest BCUT2D eigenvalue weighted by Gasteiger charge is -2.67. The van der Waals surface area contributed by atoms with E-state index in [0.717, 1.165) is 13.8 Å². The lowest BCUT2D eigenvalue weighted by atomic mass is 9.44. The first-order valence-corrected chi connectivity index (χ1v) is 21.0. The molecule has 3 fully saturated rings. The van der Waals surface area contributed by atoms with E-state index in [0.29, 0.717) is 10.6 Å². The van der Waals surface area contributed by atoms with E-state index in [9.17, 15) is 39.3 Å². The second-order valence-corrected chi connectivity index (χ2v) is 17.9. The van der Waals surface area contributed by atoms with Crippen LogP contribution in [0.25, 0.3) is 0 Å². The van der Waals surface area contributed by atoms with Crippen LogP contribution in [-0.2, 0) is 42.9 Å². The van der Waals surface area contributed by atoms with E-state index in [-0.39, 0.29) is 35.3 Å². The molecule has 3 unspecified atom stereocenters. The molecular weight excluding hydrogens is 838 g/mol. The first-order chi connectivity index (χ1) is 29.7. The fourth-order valence-electron chi connectivity index (χ4n) is 10.2. The van der Waals surface area contributed by atoms with Crippen LogP contribution in [0.1, 0.15) is 86.7 Å². The highest BCUT2D eigenvalue weighted by molar-refractivity contribution is 6.30. The predicted octanol–water partition coefficient (Wildman–Crippen LogP) is 4.39. The number of Topliss-reactive ketones (excluding diaryl/α,β-unsaturated/α-hetero) is 1. The number of hydrogen-bond acceptors (Lipinski definition) is 14. The third-order valence-corrected chi connectivity index (χ3v) is 13.8. The van der Waals surface area contributed by atoms with Crippen LogP contribution in [0.5, 0.6) is 0 Å². The third-order valence-electron chi connectivity index (χ3n) is 13.6. The maximum Gasteiger partial charge on any atom is 0.338 e. The Morgan fingerprint density at radius 3 is 2.05 bits per heavy atom. The standard InChI is InChI=1S/C47H50ClNO14/c1-24-31(61-43(57)36(53)35(27-13-9-7-10-14-27)49-41(55)28-17-19-30(48)20-18-28)22-47(58)40(62-42(56)29-15-11-8-12-16-29)38-45(6,32(52)21-33-46(38,23-59-33)63-26(3)51)39(54)37(60-25(2)50)34(24)44(47,4)5/h7-20,31-33,35-38,40,52-53,58H,21-23H2,1-6H3,(H,49,55)/t31-,32-,33+,35-,36?,37-,38?,40?,45+,46-,47+/m0/s1. The normalized spacial score (nSPS) is 31.6. The molecule has 3 aliphatic carbocycles. The van der Waals surface area contributed by atoms with E-state index in [4.69, 9.17) is 35.3 Å². The third kappa shape index (κ3) is 7.73. The second kappa shape index (κ2) is 16.9. The summed E-state index contributed by atoms with van der Waals surface area (Å²) in [5.74, 6) is -6.95. The van der Waals surface area contributed by atoms with Crippen LogP contribution in [0.4, 0.5) is 0 Å². The Labute approximate surface area is 368 Å². The van der Waals surface area contributed by atoms with Crippen LogP contribution >= 0.6 is 11.6 Å². The van der Waals surface area contributed by atoms with Crippen LogP contribution < -0.4 is 5.32 Å². The minimum absolute atomic E-state index is 0.0134. The number of nitrogens with one attached hydrogen (secondary N) is 1. The summed E-state index contributed by atoms with van der Waals surface area (Å²) in [7, 11) is 0. The summed E-state index contributed by atoms with van der Waals surface area (Å²) in [5, 5.41) is 40.6. The average molecular weight is 888 g/mol. The summed E-state index contributed by atoms with van der Waals surface area (Å²) < 4.78 is 30.3.